The summed E-state index contributed by atoms with van der Waals surface area (Å²) in [4.78, 5) is 16.1. The van der Waals surface area contributed by atoms with Gasteiger partial charge < -0.3 is 9.84 Å². The topological polar surface area (TPSA) is 120 Å². The molecule has 1 amide bonds. The van der Waals surface area contributed by atoms with E-state index in [0.29, 0.717) is 17.8 Å². The van der Waals surface area contributed by atoms with Gasteiger partial charge in [0, 0.05) is 13.2 Å². The molecule has 0 aliphatic carbocycles. The van der Waals surface area contributed by atoms with Crippen LogP contribution in [0.1, 0.15) is 12.3 Å². The molecular formula is C12H15N5O4S. The summed E-state index contributed by atoms with van der Waals surface area (Å²) in [5.41, 5.74) is 0.714. The van der Waals surface area contributed by atoms with Crippen molar-refractivity contribution in [1.29, 1.82) is 0 Å². The van der Waals surface area contributed by atoms with Crippen molar-refractivity contribution >= 4 is 15.7 Å². The summed E-state index contributed by atoms with van der Waals surface area (Å²) in [7, 11) is -1.30. The van der Waals surface area contributed by atoms with E-state index < -0.39 is 15.8 Å². The highest BCUT2D eigenvalue weighted by Crippen LogP contribution is 2.18. The van der Waals surface area contributed by atoms with Gasteiger partial charge in [-0.05, 0) is 6.42 Å². The second-order valence-electron chi connectivity index (χ2n) is 5.23. The molecule has 1 fully saturated rings. The van der Waals surface area contributed by atoms with Crippen molar-refractivity contribution in [3.63, 3.8) is 0 Å². The Morgan fingerprint density at radius 3 is 3.00 bits per heavy atom. The molecule has 118 valence electrons. The number of aryl methyl sites for hydroxylation is 1. The first-order chi connectivity index (χ1) is 10.4. The number of hydrogen-bond donors (Lipinski definition) is 1. The molecule has 10 heteroatoms. The van der Waals surface area contributed by atoms with Crippen LogP contribution in [0.2, 0.25) is 0 Å². The fourth-order valence-electron chi connectivity index (χ4n) is 2.29. The van der Waals surface area contributed by atoms with Gasteiger partial charge in [0.1, 0.15) is 0 Å². The van der Waals surface area contributed by atoms with Crippen LogP contribution in [0.4, 0.5) is 0 Å². The number of sulfone groups is 1. The number of nitrogens with one attached hydrogen (secondary N) is 1. The Kier molecular flexibility index (Phi) is 3.69. The number of carbonyl (C=O) groups is 1. The SMILES string of the molecule is Cn1cc(-c2noc(CNC(=O)C3CCS(=O)(=O)C3)n2)cn1. The summed E-state index contributed by atoms with van der Waals surface area (Å²) in [6.07, 6.45) is 3.71. The minimum Gasteiger partial charge on any atom is -0.347 e. The van der Waals surface area contributed by atoms with Crippen LogP contribution in [-0.4, -0.2) is 45.8 Å². The van der Waals surface area contributed by atoms with E-state index >= 15 is 0 Å². The second kappa shape index (κ2) is 5.52. The predicted octanol–water partition coefficient (Wildman–Crippen LogP) is -0.479. The van der Waals surface area contributed by atoms with E-state index in [4.69, 9.17) is 4.52 Å². The van der Waals surface area contributed by atoms with E-state index in [0.717, 1.165) is 0 Å². The number of aromatic nitrogens is 4. The normalized spacial score (nSPS) is 20.1. The molecule has 3 heterocycles. The van der Waals surface area contributed by atoms with Gasteiger partial charge in [0.15, 0.2) is 9.84 Å². The van der Waals surface area contributed by atoms with Crippen LogP contribution >= 0.6 is 0 Å². The first kappa shape index (κ1) is 14.7. The molecule has 0 radical (unpaired) electrons. The Bertz CT molecular complexity index is 794. The number of hydrogen-bond acceptors (Lipinski definition) is 7. The van der Waals surface area contributed by atoms with Gasteiger partial charge in [-0.1, -0.05) is 5.16 Å². The Morgan fingerprint density at radius 2 is 2.36 bits per heavy atom. The van der Waals surface area contributed by atoms with Crippen molar-refractivity contribution in [3.05, 3.63) is 18.3 Å². The summed E-state index contributed by atoms with van der Waals surface area (Å²) >= 11 is 0. The van der Waals surface area contributed by atoms with Crippen LogP contribution in [0.15, 0.2) is 16.9 Å². The van der Waals surface area contributed by atoms with Gasteiger partial charge in [-0.25, -0.2) is 8.42 Å². The van der Waals surface area contributed by atoms with Gasteiger partial charge in [0.2, 0.25) is 17.6 Å². The van der Waals surface area contributed by atoms with E-state index in [2.05, 4.69) is 20.6 Å². The lowest BCUT2D eigenvalue weighted by molar-refractivity contribution is -0.124. The van der Waals surface area contributed by atoms with E-state index in [1.807, 2.05) is 0 Å². The lowest BCUT2D eigenvalue weighted by atomic mass is 10.1. The summed E-state index contributed by atoms with van der Waals surface area (Å²) in [5, 5.41) is 10.5. The molecule has 1 atom stereocenters. The molecular weight excluding hydrogens is 310 g/mol. The van der Waals surface area contributed by atoms with Crippen molar-refractivity contribution < 1.29 is 17.7 Å². The lowest BCUT2D eigenvalue weighted by Gasteiger charge is -2.06. The molecule has 0 aromatic carbocycles. The van der Waals surface area contributed by atoms with Gasteiger partial charge in [-0.15, -0.1) is 0 Å². The summed E-state index contributed by atoms with van der Waals surface area (Å²) < 4.78 is 29.4. The third-order valence-electron chi connectivity index (χ3n) is 3.45. The zero-order valence-electron chi connectivity index (χ0n) is 11.9. The van der Waals surface area contributed by atoms with Crippen molar-refractivity contribution in [1.82, 2.24) is 25.2 Å². The minimum atomic E-state index is -3.07. The first-order valence-electron chi connectivity index (χ1n) is 6.73. The molecule has 1 unspecified atom stereocenters. The molecule has 2 aromatic heterocycles. The van der Waals surface area contributed by atoms with Crippen LogP contribution in [0.25, 0.3) is 11.4 Å². The molecule has 0 spiro atoms. The zero-order chi connectivity index (χ0) is 15.7. The molecule has 3 rings (SSSR count). The maximum atomic E-state index is 11.9. The van der Waals surface area contributed by atoms with Gasteiger partial charge in [-0.3, -0.25) is 9.48 Å². The van der Waals surface area contributed by atoms with Gasteiger partial charge in [0.25, 0.3) is 0 Å². The fourth-order valence-corrected chi connectivity index (χ4v) is 4.03. The smallest absolute Gasteiger partial charge is 0.246 e. The molecule has 9 nitrogen and oxygen atoms in total. The molecule has 1 N–H and O–H groups in total. The van der Waals surface area contributed by atoms with Crippen molar-refractivity contribution in [3.8, 4) is 11.4 Å². The quantitative estimate of drug-likeness (QED) is 0.806. The molecule has 0 bridgehead atoms. The highest BCUT2D eigenvalue weighted by Gasteiger charge is 2.32. The standard InChI is InChI=1S/C12H15N5O4S/c1-17-6-9(4-14-17)11-15-10(21-16-11)5-13-12(18)8-2-3-22(19,20)7-8/h4,6,8H,2-3,5,7H2,1H3,(H,13,18). The Morgan fingerprint density at radius 1 is 1.55 bits per heavy atom. The van der Waals surface area contributed by atoms with Gasteiger partial charge >= 0.3 is 0 Å². The Balaban J connectivity index is 1.58. The third kappa shape index (κ3) is 3.16. The van der Waals surface area contributed by atoms with E-state index in [1.165, 1.54) is 0 Å². The van der Waals surface area contributed by atoms with Gasteiger partial charge in [0.05, 0.1) is 35.7 Å². The highest BCUT2D eigenvalue weighted by atomic mass is 32.2. The van der Waals surface area contributed by atoms with Crippen LogP contribution < -0.4 is 5.32 Å². The molecule has 1 aliphatic rings. The molecule has 22 heavy (non-hydrogen) atoms. The van der Waals surface area contributed by atoms with Crippen molar-refractivity contribution in [2.45, 2.75) is 13.0 Å². The lowest BCUT2D eigenvalue weighted by Crippen LogP contribution is -2.31. The highest BCUT2D eigenvalue weighted by molar-refractivity contribution is 7.91. The maximum Gasteiger partial charge on any atom is 0.246 e. The van der Waals surface area contributed by atoms with Crippen LogP contribution in [-0.2, 0) is 28.2 Å². The average molecular weight is 325 g/mol. The minimum absolute atomic E-state index is 0.0663. The summed E-state index contributed by atoms with van der Waals surface area (Å²) in [6, 6.07) is 0. The van der Waals surface area contributed by atoms with Crippen molar-refractivity contribution in [2.24, 2.45) is 13.0 Å². The summed E-state index contributed by atoms with van der Waals surface area (Å²) in [5.74, 6) is -0.179. The van der Waals surface area contributed by atoms with Crippen molar-refractivity contribution in [2.75, 3.05) is 11.5 Å². The number of carbonyl (C=O) groups excluding carboxylic acids is 1. The van der Waals surface area contributed by atoms with E-state index in [-0.39, 0.29) is 29.8 Å². The second-order valence-corrected chi connectivity index (χ2v) is 7.46. The summed E-state index contributed by atoms with van der Waals surface area (Å²) in [6.45, 7) is 0.0721. The van der Waals surface area contributed by atoms with Crippen LogP contribution in [0.3, 0.4) is 0 Å². The Labute approximate surface area is 126 Å². The molecule has 0 saturated carbocycles. The first-order valence-corrected chi connectivity index (χ1v) is 8.55. The monoisotopic (exact) mass is 325 g/mol. The Hall–Kier alpha value is -2.23. The maximum absolute atomic E-state index is 11.9. The van der Waals surface area contributed by atoms with Crippen LogP contribution in [0, 0.1) is 5.92 Å². The number of amides is 1. The molecule has 1 saturated heterocycles. The average Bonchev–Trinajstić information content (AvgIpc) is 3.15. The number of nitrogens with zero attached hydrogens (tertiary/aromatic N) is 4. The molecule has 2 aromatic rings. The van der Waals surface area contributed by atoms with Gasteiger partial charge in [-0.2, -0.15) is 10.1 Å². The zero-order valence-corrected chi connectivity index (χ0v) is 12.7. The number of rotatable bonds is 4. The fraction of sp³-hybridized carbons (Fsp3) is 0.500. The van der Waals surface area contributed by atoms with E-state index in [1.54, 1.807) is 24.1 Å². The largest absolute Gasteiger partial charge is 0.347 e. The predicted molar refractivity (Wildman–Crippen MR) is 75.1 cm³/mol. The van der Waals surface area contributed by atoms with Crippen LogP contribution in [0.5, 0.6) is 0 Å². The molecule has 1 aliphatic heterocycles. The third-order valence-corrected chi connectivity index (χ3v) is 5.22. The van der Waals surface area contributed by atoms with E-state index in [9.17, 15) is 13.2 Å².